The smallest absolute Gasteiger partial charge is 0.139 e. The quantitative estimate of drug-likeness (QED) is 0.516. The van der Waals surface area contributed by atoms with Gasteiger partial charge in [0.25, 0.3) is 0 Å². The molecule has 3 aliphatic rings. The molecule has 1 nitrogen and oxygen atoms in total. The van der Waals surface area contributed by atoms with E-state index in [4.69, 9.17) is 0 Å². The van der Waals surface area contributed by atoms with Gasteiger partial charge in [-0.2, -0.15) is 0 Å². The van der Waals surface area contributed by atoms with Gasteiger partial charge in [0.2, 0.25) is 0 Å². The maximum atomic E-state index is 11.6. The molecule has 0 amide bonds. The molecule has 60 valence electrons. The van der Waals surface area contributed by atoms with Gasteiger partial charge in [-0.05, 0) is 31.1 Å². The van der Waals surface area contributed by atoms with Gasteiger partial charge < -0.3 is 0 Å². The molecule has 0 radical (unpaired) electrons. The average molecular weight is 150 g/mol. The summed E-state index contributed by atoms with van der Waals surface area (Å²) >= 11 is 0. The first-order valence-electron chi connectivity index (χ1n) is 4.91. The van der Waals surface area contributed by atoms with Crippen molar-refractivity contribution in [2.45, 2.75) is 32.1 Å². The number of carbonyl (C=O) groups excluding carboxylic acids is 1. The van der Waals surface area contributed by atoms with Crippen LogP contribution in [0.25, 0.3) is 0 Å². The molecule has 11 heavy (non-hydrogen) atoms. The Morgan fingerprint density at radius 3 is 2.64 bits per heavy atom. The summed E-state index contributed by atoms with van der Waals surface area (Å²) in [5.41, 5.74) is 0. The fraction of sp³-hybridized carbons (Fsp3) is 0.900. The van der Waals surface area contributed by atoms with Gasteiger partial charge in [-0.1, -0.05) is 12.8 Å². The topological polar surface area (TPSA) is 17.1 Å². The first kappa shape index (κ1) is 6.22. The summed E-state index contributed by atoms with van der Waals surface area (Å²) in [5, 5.41) is 0. The zero-order valence-corrected chi connectivity index (χ0v) is 6.75. The molecule has 0 bridgehead atoms. The van der Waals surface area contributed by atoms with Crippen molar-refractivity contribution in [3.63, 3.8) is 0 Å². The molecular weight excluding hydrogens is 136 g/mol. The summed E-state index contributed by atoms with van der Waals surface area (Å²) in [4.78, 5) is 11.6. The molecule has 3 aliphatic carbocycles. The molecule has 0 aliphatic heterocycles. The van der Waals surface area contributed by atoms with E-state index in [1.54, 1.807) is 0 Å². The second kappa shape index (κ2) is 1.88. The highest BCUT2D eigenvalue weighted by molar-refractivity contribution is 5.89. The number of hydrogen-bond donors (Lipinski definition) is 0. The normalized spacial score (nSPS) is 53.6. The van der Waals surface area contributed by atoms with E-state index < -0.39 is 0 Å². The van der Waals surface area contributed by atoms with Crippen molar-refractivity contribution in [3.8, 4) is 0 Å². The third-order valence-corrected chi connectivity index (χ3v) is 3.94. The fourth-order valence-electron chi connectivity index (χ4n) is 3.32. The fourth-order valence-corrected chi connectivity index (χ4v) is 3.32. The van der Waals surface area contributed by atoms with Crippen molar-refractivity contribution in [1.29, 1.82) is 0 Å². The minimum absolute atomic E-state index is 0.521. The van der Waals surface area contributed by atoms with E-state index in [-0.39, 0.29) is 0 Å². The molecule has 0 aromatic carbocycles. The highest BCUT2D eigenvalue weighted by Gasteiger charge is 2.59. The van der Waals surface area contributed by atoms with E-state index in [1.807, 2.05) is 0 Å². The number of hydrogen-bond acceptors (Lipinski definition) is 1. The molecule has 1 heteroatoms. The van der Waals surface area contributed by atoms with Crippen molar-refractivity contribution in [1.82, 2.24) is 0 Å². The third kappa shape index (κ3) is 0.692. The van der Waals surface area contributed by atoms with Crippen LogP contribution in [-0.2, 0) is 4.79 Å². The largest absolute Gasteiger partial charge is 0.299 e. The van der Waals surface area contributed by atoms with Crippen LogP contribution in [0.15, 0.2) is 0 Å². The lowest BCUT2D eigenvalue weighted by atomic mass is 9.78. The second-order valence-electron chi connectivity index (χ2n) is 4.46. The summed E-state index contributed by atoms with van der Waals surface area (Å²) in [6.07, 6.45) is 6.53. The predicted molar refractivity (Wildman–Crippen MR) is 42.1 cm³/mol. The minimum atomic E-state index is 0.521. The van der Waals surface area contributed by atoms with Gasteiger partial charge in [-0.25, -0.2) is 0 Å². The van der Waals surface area contributed by atoms with Crippen LogP contribution in [0.4, 0.5) is 0 Å². The summed E-state index contributed by atoms with van der Waals surface area (Å²) in [5.74, 6) is 3.39. The van der Waals surface area contributed by atoms with Crippen LogP contribution < -0.4 is 0 Å². The van der Waals surface area contributed by atoms with Crippen molar-refractivity contribution < 1.29 is 4.79 Å². The molecule has 0 heterocycles. The van der Waals surface area contributed by atoms with Crippen LogP contribution in [0.2, 0.25) is 0 Å². The number of fused-ring (bicyclic) bond motifs is 3. The predicted octanol–water partition coefficient (Wildman–Crippen LogP) is 2.01. The van der Waals surface area contributed by atoms with Crippen LogP contribution in [0.5, 0.6) is 0 Å². The number of rotatable bonds is 0. The Hall–Kier alpha value is -0.330. The SMILES string of the molecule is O=C1C2CCCCC2C2CC12. The molecule has 0 spiro atoms. The lowest BCUT2D eigenvalue weighted by Gasteiger charge is -2.25. The lowest BCUT2D eigenvalue weighted by molar-refractivity contribution is -0.124. The molecule has 3 fully saturated rings. The van der Waals surface area contributed by atoms with Crippen molar-refractivity contribution in [2.75, 3.05) is 0 Å². The Morgan fingerprint density at radius 2 is 1.82 bits per heavy atom. The Kier molecular flexibility index (Phi) is 1.06. The number of carbonyl (C=O) groups is 1. The monoisotopic (exact) mass is 150 g/mol. The summed E-state index contributed by atoms with van der Waals surface area (Å²) in [7, 11) is 0. The first-order chi connectivity index (χ1) is 5.38. The molecule has 0 N–H and O–H groups in total. The van der Waals surface area contributed by atoms with Gasteiger partial charge in [0.05, 0.1) is 0 Å². The van der Waals surface area contributed by atoms with E-state index in [2.05, 4.69) is 0 Å². The molecule has 4 unspecified atom stereocenters. The maximum absolute atomic E-state index is 11.6. The van der Waals surface area contributed by atoms with Crippen LogP contribution in [0.1, 0.15) is 32.1 Å². The third-order valence-electron chi connectivity index (χ3n) is 3.94. The first-order valence-corrected chi connectivity index (χ1v) is 4.91. The van der Waals surface area contributed by atoms with Gasteiger partial charge in [0.15, 0.2) is 0 Å². The zero-order valence-electron chi connectivity index (χ0n) is 6.75. The molecule has 4 atom stereocenters. The summed E-state index contributed by atoms with van der Waals surface area (Å²) < 4.78 is 0. The molecule has 3 rings (SSSR count). The number of Topliss-reactive ketones (excluding diaryl/α,β-unsaturated/α-hetero) is 1. The Bertz CT molecular complexity index is 209. The molecule has 0 aromatic heterocycles. The summed E-state index contributed by atoms with van der Waals surface area (Å²) in [6.45, 7) is 0. The van der Waals surface area contributed by atoms with E-state index in [1.165, 1.54) is 32.1 Å². The van der Waals surface area contributed by atoms with Gasteiger partial charge in [-0.3, -0.25) is 4.79 Å². The molecule has 3 saturated carbocycles. The van der Waals surface area contributed by atoms with E-state index in [0.717, 1.165) is 11.8 Å². The van der Waals surface area contributed by atoms with E-state index in [0.29, 0.717) is 17.6 Å². The van der Waals surface area contributed by atoms with Crippen molar-refractivity contribution >= 4 is 5.78 Å². The average Bonchev–Trinajstić information content (AvgIpc) is 2.78. The Labute approximate surface area is 67.2 Å². The molecule has 0 aromatic rings. The number of ketones is 1. The van der Waals surface area contributed by atoms with Crippen LogP contribution in [0.3, 0.4) is 0 Å². The van der Waals surface area contributed by atoms with Crippen LogP contribution in [-0.4, -0.2) is 5.78 Å². The maximum Gasteiger partial charge on any atom is 0.139 e. The lowest BCUT2D eigenvalue weighted by Crippen LogP contribution is -2.22. The highest BCUT2D eigenvalue weighted by atomic mass is 16.1. The van der Waals surface area contributed by atoms with Crippen molar-refractivity contribution in [2.24, 2.45) is 23.7 Å². The summed E-state index contributed by atoms with van der Waals surface area (Å²) in [6, 6.07) is 0. The van der Waals surface area contributed by atoms with Gasteiger partial charge in [0.1, 0.15) is 5.78 Å². The van der Waals surface area contributed by atoms with Crippen molar-refractivity contribution in [3.05, 3.63) is 0 Å². The minimum Gasteiger partial charge on any atom is -0.299 e. The highest BCUT2D eigenvalue weighted by Crippen LogP contribution is 2.59. The van der Waals surface area contributed by atoms with E-state index >= 15 is 0 Å². The Morgan fingerprint density at radius 1 is 1.00 bits per heavy atom. The standard InChI is InChI=1S/C10H14O/c11-10-7-4-2-1-3-6(7)8-5-9(8)10/h6-9H,1-5H2. The van der Waals surface area contributed by atoms with Gasteiger partial charge in [-0.15, -0.1) is 0 Å². The molecular formula is C10H14O. The van der Waals surface area contributed by atoms with Crippen LogP contribution in [0, 0.1) is 23.7 Å². The zero-order chi connectivity index (χ0) is 7.42. The Balaban J connectivity index is 1.89. The molecule has 0 saturated heterocycles. The van der Waals surface area contributed by atoms with Gasteiger partial charge >= 0.3 is 0 Å². The van der Waals surface area contributed by atoms with Gasteiger partial charge in [0, 0.05) is 11.8 Å². The second-order valence-corrected chi connectivity index (χ2v) is 4.46. The van der Waals surface area contributed by atoms with E-state index in [9.17, 15) is 4.79 Å². The van der Waals surface area contributed by atoms with Crippen LogP contribution >= 0.6 is 0 Å².